The fourth-order valence-corrected chi connectivity index (χ4v) is 21.5. The second kappa shape index (κ2) is 45.1. The largest absolute Gasteiger partial charge is 0.398 e. The Balaban J connectivity index is 0.000000148. The van der Waals surface area contributed by atoms with E-state index in [9.17, 15) is 58.9 Å². The summed E-state index contributed by atoms with van der Waals surface area (Å²) in [5, 5.41) is 33.8. The van der Waals surface area contributed by atoms with E-state index in [1.54, 1.807) is 164 Å². The van der Waals surface area contributed by atoms with Gasteiger partial charge in [-0.25, -0.2) is 89.3 Å². The zero-order chi connectivity index (χ0) is 101. The molecule has 718 valence electrons. The van der Waals surface area contributed by atoms with Crippen LogP contribution in [0, 0.1) is 69.2 Å². The smallest absolute Gasteiger partial charge is 0.238 e. The van der Waals surface area contributed by atoms with E-state index in [-0.39, 0.29) is 14.7 Å². The Kier molecular flexibility index (Phi) is 34.3. The summed E-state index contributed by atoms with van der Waals surface area (Å²) < 4.78 is 160. The highest BCUT2D eigenvalue weighted by Gasteiger charge is 2.20. The summed E-state index contributed by atoms with van der Waals surface area (Å²) in [6, 6.07) is 75.0. The van der Waals surface area contributed by atoms with Crippen LogP contribution < -0.4 is 26.5 Å². The lowest BCUT2D eigenvalue weighted by atomic mass is 10.1. The molecule has 0 bridgehead atoms. The number of benzene rings is 11. The molecule has 9 heterocycles. The van der Waals surface area contributed by atoms with Crippen molar-refractivity contribution in [1.29, 1.82) is 0 Å². The molecule has 139 heavy (non-hydrogen) atoms. The van der Waals surface area contributed by atoms with Crippen molar-refractivity contribution in [2.75, 3.05) is 42.6 Å². The summed E-state index contributed by atoms with van der Waals surface area (Å²) in [5.41, 5.74) is 18.1. The highest BCUT2D eigenvalue weighted by atomic mass is 32.2. The Hall–Kier alpha value is -13.9. The van der Waals surface area contributed by atoms with Gasteiger partial charge in [0.25, 0.3) is 0 Å². The van der Waals surface area contributed by atoms with E-state index in [2.05, 4.69) is 88.5 Å². The van der Waals surface area contributed by atoms with Crippen molar-refractivity contribution in [3.63, 3.8) is 0 Å². The Morgan fingerprint density at radius 1 is 0.281 bits per heavy atom. The quantitative estimate of drug-likeness (QED) is 0.0925. The molecule has 1 aliphatic rings. The Bertz CT molecular complexity index is 7780. The summed E-state index contributed by atoms with van der Waals surface area (Å²) in [5.74, 6) is 1.09. The third kappa shape index (κ3) is 29.1. The van der Waals surface area contributed by atoms with Gasteiger partial charge in [-0.2, -0.15) is 0 Å². The van der Waals surface area contributed by atoms with Crippen molar-refractivity contribution < 1.29 is 58.9 Å². The van der Waals surface area contributed by atoms with Gasteiger partial charge < -0.3 is 11.1 Å². The number of fused-ring (bicyclic) bond motifs is 10. The molecule has 0 unspecified atom stereocenters. The van der Waals surface area contributed by atoms with Gasteiger partial charge in [-0.3, -0.25) is 24.9 Å². The first-order valence-electron chi connectivity index (χ1n) is 43.1. The van der Waals surface area contributed by atoms with Crippen molar-refractivity contribution in [3.05, 3.63) is 366 Å². The number of nitrogens with zero attached hydrogens (tertiary/aromatic N) is 8. The topological polar surface area (TPSA) is 458 Å². The molecule has 0 saturated heterocycles. The molecule has 8 aromatic heterocycles. The van der Waals surface area contributed by atoms with Crippen molar-refractivity contribution in [2.24, 2.45) is 15.4 Å². The van der Waals surface area contributed by atoms with Crippen LogP contribution in [0.4, 0.5) is 11.5 Å². The van der Waals surface area contributed by atoms with Crippen LogP contribution in [0.5, 0.6) is 0 Å². The van der Waals surface area contributed by atoms with Crippen LogP contribution in [0.1, 0.15) is 67.9 Å². The number of anilines is 2. The number of nitrogens with one attached hydrogen (secondary N) is 1. The first-order chi connectivity index (χ1) is 65.4. The molecular formula is C105H107N13O14S7. The SMILES string of the molecule is Cc1cc2cccc(N)c2cc1S(C)(=O)=O.Cc1cc2ccccc2cc1S(C)(=O)=O.Cc1cc2ccccc2cc1S(N)(=O)=O.Cc1cc2ccncc2cc1S(C)(=O)=O.Cc1cc2ccncc2cc1S(N)(=O)=O.Cc1cc2cnccc2cc1S(C)(=O)=O.Cc1cc2cnccc2cc1S(N)(=O)=O.Cc1ccc2c(n1)NCCC2.Cc1ccc2cccnc2c1.Cc1ccc2cccnc2n1. The normalized spacial score (nSPS) is 11.9. The summed E-state index contributed by atoms with van der Waals surface area (Å²) in [7, 11) is -23.5. The van der Waals surface area contributed by atoms with Gasteiger partial charge in [0, 0.05) is 148 Å². The van der Waals surface area contributed by atoms with Crippen LogP contribution in [0.15, 0.2) is 339 Å². The second-order valence-electron chi connectivity index (χ2n) is 33.4. The lowest BCUT2D eigenvalue weighted by molar-refractivity contribution is 0.595. The third-order valence-corrected chi connectivity index (χ3v) is 30.1. The molecule has 0 spiro atoms. The fourth-order valence-electron chi connectivity index (χ4n) is 15.2. The molecule has 9 N–H and O–H groups in total. The van der Waals surface area contributed by atoms with Crippen molar-refractivity contribution in [3.8, 4) is 0 Å². The van der Waals surface area contributed by atoms with Gasteiger partial charge in [0.1, 0.15) is 5.82 Å². The van der Waals surface area contributed by atoms with Gasteiger partial charge in [0.15, 0.2) is 45.0 Å². The number of hydrogen-bond donors (Lipinski definition) is 5. The molecule has 19 aromatic rings. The summed E-state index contributed by atoms with van der Waals surface area (Å²) >= 11 is 0. The number of aryl methyl sites for hydroxylation is 11. The summed E-state index contributed by atoms with van der Waals surface area (Å²) in [6.07, 6.45) is 24.2. The number of sulfonamides is 3. The van der Waals surface area contributed by atoms with E-state index in [4.69, 9.17) is 21.2 Å². The lowest BCUT2D eigenvalue weighted by Crippen LogP contribution is -2.13. The van der Waals surface area contributed by atoms with Crippen molar-refractivity contribution in [1.82, 2.24) is 39.9 Å². The summed E-state index contributed by atoms with van der Waals surface area (Å²) in [4.78, 5) is 35.0. The number of sulfone groups is 4. The van der Waals surface area contributed by atoms with Gasteiger partial charge in [-0.1, -0.05) is 109 Å². The number of primary sulfonamides is 3. The standard InChI is InChI=1S/C12H13NO2S.C12H12O2S.3C11H11NO2S.2C10H10N2O2S.C10H9N.C9H12N2.C9H8N2/c1-8-6-9-4-3-5-11(13)10(9)7-12(8)16(2,14)15;1-9-7-10-5-3-4-6-11(10)8-12(9)15(2,13)14;1-8-5-10-7-12-4-3-9(10)6-11(8)15(2,13)14;1-8-5-9-3-4-12-7-10(9)6-11(8)15(2,13)14;1-8-6-9-4-2-3-5-10(9)7-11(8)15(12,13)14;1-7-4-9-6-12-3-2-8(9)5-10(7)15(11,13)14;1-7-4-8-2-3-12-6-9(8)5-10(7)15(11,13)14;1-8-4-5-9-3-2-6-11-10(9)7-8;2*1-7-4-5-8-3-2-6-10-9(8)11-7/h3-7H,13H2,1-2H3;3-8H,1-2H3;2*3-7H,1-2H3;2-7H,1H3,(H2,12,13,14);2*2-6H,1H3,(H2,11,13,14);2-7H,1H3;4-5H,2-3,6H2,1H3,(H,10,11);2-6H,1H3. The molecule has 0 aliphatic carbocycles. The van der Waals surface area contributed by atoms with Crippen LogP contribution >= 0.6 is 0 Å². The maximum Gasteiger partial charge on any atom is 0.238 e. The van der Waals surface area contributed by atoms with Gasteiger partial charge in [-0.05, 0) is 314 Å². The molecule has 1 aliphatic heterocycles. The minimum Gasteiger partial charge on any atom is -0.398 e. The van der Waals surface area contributed by atoms with Crippen LogP contribution in [-0.2, 0) is 75.8 Å². The van der Waals surface area contributed by atoms with Gasteiger partial charge >= 0.3 is 0 Å². The Labute approximate surface area is 811 Å². The maximum absolute atomic E-state index is 11.6. The highest BCUT2D eigenvalue weighted by Crippen LogP contribution is 2.32. The van der Waals surface area contributed by atoms with E-state index < -0.39 is 69.4 Å². The first-order valence-corrected chi connectivity index (χ1v) is 55.3. The Morgan fingerprint density at radius 3 is 1.03 bits per heavy atom. The molecule has 0 atom stereocenters. The van der Waals surface area contributed by atoms with Crippen LogP contribution in [0.3, 0.4) is 0 Å². The van der Waals surface area contributed by atoms with Crippen molar-refractivity contribution in [2.45, 2.75) is 116 Å². The zero-order valence-electron chi connectivity index (χ0n) is 78.9. The van der Waals surface area contributed by atoms with E-state index in [0.717, 1.165) is 138 Å². The van der Waals surface area contributed by atoms with Gasteiger partial charge in [0.2, 0.25) is 30.1 Å². The van der Waals surface area contributed by atoms with Gasteiger partial charge in [-0.15, -0.1) is 0 Å². The minimum absolute atomic E-state index is 0.156. The van der Waals surface area contributed by atoms with Crippen LogP contribution in [-0.4, -0.2) is 130 Å². The number of hydrogen-bond acceptors (Lipinski definition) is 24. The minimum atomic E-state index is -3.65. The molecule has 0 amide bonds. The Morgan fingerprint density at radius 2 is 0.597 bits per heavy atom. The van der Waals surface area contributed by atoms with Crippen molar-refractivity contribution >= 4 is 178 Å². The second-order valence-corrected chi connectivity index (χ2v) is 45.9. The molecule has 20 rings (SSSR count). The maximum atomic E-state index is 11.6. The van der Waals surface area contributed by atoms with Gasteiger partial charge in [0.05, 0.1) is 39.8 Å². The average Bonchev–Trinajstić information content (AvgIpc) is 0.554. The lowest BCUT2D eigenvalue weighted by Gasteiger charge is -2.16. The predicted octanol–water partition coefficient (Wildman–Crippen LogP) is 19.0. The van der Waals surface area contributed by atoms with E-state index >= 15 is 0 Å². The molecule has 0 saturated carbocycles. The highest BCUT2D eigenvalue weighted by molar-refractivity contribution is 7.92. The zero-order valence-corrected chi connectivity index (χ0v) is 84.7. The van der Waals surface area contributed by atoms with Crippen LogP contribution in [0.25, 0.3) is 97.3 Å². The monoisotopic (exact) mass is 2000 g/mol. The molecular weight excluding hydrogens is 1890 g/mol. The third-order valence-electron chi connectivity index (χ3n) is 21.9. The number of pyridine rings is 8. The molecule has 11 aromatic carbocycles. The molecule has 0 radical (unpaired) electrons. The molecule has 34 heteroatoms. The number of nitrogens with two attached hydrogens (primary N) is 4. The number of rotatable bonds is 7. The van der Waals surface area contributed by atoms with E-state index in [0.29, 0.717) is 42.0 Å². The number of nitrogen functional groups attached to an aromatic ring is 1. The van der Waals surface area contributed by atoms with Crippen LogP contribution in [0.2, 0.25) is 0 Å². The van der Waals surface area contributed by atoms with E-state index in [1.165, 1.54) is 54.4 Å². The number of aromatic nitrogens is 8. The molecule has 0 fully saturated rings. The van der Waals surface area contributed by atoms with E-state index in [1.807, 2.05) is 166 Å². The first kappa shape index (κ1) is 106. The fraction of sp³-hybridized carbons (Fsp3) is 0.162. The predicted molar refractivity (Wildman–Crippen MR) is 559 cm³/mol. The summed E-state index contributed by atoms with van der Waals surface area (Å²) in [6.45, 7) is 19.5. The average molecular weight is 2000 g/mol. The molecule has 27 nitrogen and oxygen atoms in total.